The Kier molecular flexibility index (Phi) is 4.30. The van der Waals surface area contributed by atoms with Gasteiger partial charge in [0.2, 0.25) is 5.16 Å². The van der Waals surface area contributed by atoms with E-state index in [1.807, 2.05) is 24.3 Å². The number of hydrogen-bond donors (Lipinski definition) is 1. The molecule has 0 radical (unpaired) electrons. The van der Waals surface area contributed by atoms with E-state index < -0.39 is 0 Å². The van der Waals surface area contributed by atoms with E-state index in [0.717, 1.165) is 16.4 Å². The molecule has 0 fully saturated rings. The second kappa shape index (κ2) is 5.66. The Morgan fingerprint density at radius 3 is 2.45 bits per heavy atom. The van der Waals surface area contributed by atoms with Crippen LogP contribution in [-0.4, -0.2) is 14.9 Å². The van der Waals surface area contributed by atoms with E-state index in [2.05, 4.69) is 37.9 Å². The summed E-state index contributed by atoms with van der Waals surface area (Å²) in [4.78, 5) is 0. The van der Waals surface area contributed by atoms with E-state index in [4.69, 9.17) is 17.4 Å². The summed E-state index contributed by atoms with van der Waals surface area (Å²) in [6, 6.07) is 7.81. The van der Waals surface area contributed by atoms with Crippen LogP contribution in [0.25, 0.3) is 0 Å². The van der Waals surface area contributed by atoms with Crippen molar-refractivity contribution in [2.45, 2.75) is 43.5 Å². The fraction of sp³-hybridized carbons (Fsp3) is 0.429. The van der Waals surface area contributed by atoms with Crippen molar-refractivity contribution >= 4 is 23.4 Å². The van der Waals surface area contributed by atoms with E-state index in [9.17, 15) is 0 Å². The molecule has 0 aliphatic heterocycles. The average molecular weight is 311 g/mol. The maximum absolute atomic E-state index is 6.22. The highest BCUT2D eigenvalue weighted by molar-refractivity contribution is 7.99. The molecule has 1 heterocycles. The highest BCUT2D eigenvalue weighted by atomic mass is 35.5. The van der Waals surface area contributed by atoms with Crippen LogP contribution in [0.5, 0.6) is 0 Å². The second-order valence-corrected chi connectivity index (χ2v) is 7.42. The number of halogens is 1. The molecule has 2 rings (SSSR count). The number of rotatable bonds is 3. The van der Waals surface area contributed by atoms with Gasteiger partial charge in [0.05, 0.1) is 0 Å². The lowest BCUT2D eigenvalue weighted by molar-refractivity contribution is 0.523. The van der Waals surface area contributed by atoms with Gasteiger partial charge in [-0.25, -0.2) is 4.68 Å². The molecular weight excluding hydrogens is 292 g/mol. The van der Waals surface area contributed by atoms with Gasteiger partial charge in [0.1, 0.15) is 0 Å². The molecule has 20 heavy (non-hydrogen) atoms. The lowest BCUT2D eigenvalue weighted by Gasteiger charge is -2.17. The van der Waals surface area contributed by atoms with Crippen LogP contribution in [0.1, 0.15) is 44.3 Å². The number of nitrogens with zero attached hydrogens (tertiary/aromatic N) is 3. The third-order valence-corrected chi connectivity index (χ3v) is 4.40. The molecule has 6 heteroatoms. The molecule has 0 amide bonds. The van der Waals surface area contributed by atoms with Gasteiger partial charge in [0.25, 0.3) is 0 Å². The highest BCUT2D eigenvalue weighted by Crippen LogP contribution is 2.37. The first-order chi connectivity index (χ1) is 9.30. The zero-order chi connectivity index (χ0) is 14.9. The maximum Gasteiger partial charge on any atom is 0.210 e. The maximum atomic E-state index is 6.22. The SMILES string of the molecule is CC(Sc1nnc(C(C)(C)C)n1N)c1ccccc1Cl. The molecule has 2 N–H and O–H groups in total. The highest BCUT2D eigenvalue weighted by Gasteiger charge is 2.24. The minimum Gasteiger partial charge on any atom is -0.336 e. The Hall–Kier alpha value is -1.20. The standard InChI is InChI=1S/C14H19ClN4S/c1-9(10-7-5-6-8-11(10)15)20-13-18-17-12(19(13)16)14(2,3)4/h5-9H,16H2,1-4H3. The normalized spacial score (nSPS) is 13.4. The summed E-state index contributed by atoms with van der Waals surface area (Å²) in [5.74, 6) is 6.86. The molecule has 0 aliphatic rings. The smallest absolute Gasteiger partial charge is 0.210 e. The first kappa shape index (κ1) is 15.2. The molecular formula is C14H19ClN4S. The Morgan fingerprint density at radius 2 is 1.90 bits per heavy atom. The van der Waals surface area contributed by atoms with Crippen molar-refractivity contribution in [1.82, 2.24) is 14.9 Å². The van der Waals surface area contributed by atoms with Crippen molar-refractivity contribution in [2.24, 2.45) is 0 Å². The summed E-state index contributed by atoms with van der Waals surface area (Å²) in [7, 11) is 0. The zero-order valence-corrected chi connectivity index (χ0v) is 13.7. The fourth-order valence-electron chi connectivity index (χ4n) is 1.90. The van der Waals surface area contributed by atoms with E-state index in [-0.39, 0.29) is 10.7 Å². The lowest BCUT2D eigenvalue weighted by Crippen LogP contribution is -2.24. The van der Waals surface area contributed by atoms with E-state index in [0.29, 0.717) is 5.16 Å². The van der Waals surface area contributed by atoms with Gasteiger partial charge in [0.15, 0.2) is 5.82 Å². The number of nitrogens with two attached hydrogens (primary N) is 1. The average Bonchev–Trinajstić information content (AvgIpc) is 2.71. The third-order valence-electron chi connectivity index (χ3n) is 2.96. The van der Waals surface area contributed by atoms with E-state index in [1.165, 1.54) is 0 Å². The van der Waals surface area contributed by atoms with Crippen LogP contribution in [0.15, 0.2) is 29.4 Å². The second-order valence-electron chi connectivity index (χ2n) is 5.71. The Balaban J connectivity index is 2.23. The van der Waals surface area contributed by atoms with Crippen LogP contribution in [0.3, 0.4) is 0 Å². The topological polar surface area (TPSA) is 56.7 Å². The van der Waals surface area contributed by atoms with Crippen LogP contribution in [0, 0.1) is 0 Å². The van der Waals surface area contributed by atoms with Gasteiger partial charge in [0, 0.05) is 15.7 Å². The number of aromatic nitrogens is 3. The Morgan fingerprint density at radius 1 is 1.25 bits per heavy atom. The first-order valence-corrected chi connectivity index (χ1v) is 7.68. The molecule has 0 spiro atoms. The Labute approximate surface area is 128 Å². The molecule has 1 atom stereocenters. The van der Waals surface area contributed by atoms with Crippen molar-refractivity contribution in [1.29, 1.82) is 0 Å². The zero-order valence-electron chi connectivity index (χ0n) is 12.1. The van der Waals surface area contributed by atoms with Gasteiger partial charge >= 0.3 is 0 Å². The Bertz CT molecular complexity index is 603. The van der Waals surface area contributed by atoms with Crippen molar-refractivity contribution in [3.8, 4) is 0 Å². The van der Waals surface area contributed by atoms with Gasteiger partial charge in [-0.15, -0.1) is 10.2 Å². The third kappa shape index (κ3) is 3.10. The summed E-state index contributed by atoms with van der Waals surface area (Å²) in [6.07, 6.45) is 0. The summed E-state index contributed by atoms with van der Waals surface area (Å²) >= 11 is 7.77. The number of hydrogen-bond acceptors (Lipinski definition) is 4. The van der Waals surface area contributed by atoms with Gasteiger partial charge in [-0.3, -0.25) is 0 Å². The van der Waals surface area contributed by atoms with E-state index in [1.54, 1.807) is 16.4 Å². The molecule has 1 unspecified atom stereocenters. The number of thioether (sulfide) groups is 1. The van der Waals surface area contributed by atoms with Crippen molar-refractivity contribution in [2.75, 3.05) is 5.84 Å². The summed E-state index contributed by atoms with van der Waals surface area (Å²) in [5, 5.41) is 9.98. The van der Waals surface area contributed by atoms with Crippen LogP contribution in [-0.2, 0) is 5.41 Å². The van der Waals surface area contributed by atoms with Gasteiger partial charge < -0.3 is 5.84 Å². The first-order valence-electron chi connectivity index (χ1n) is 6.42. The molecule has 2 aromatic rings. The number of benzene rings is 1. The molecule has 0 aliphatic carbocycles. The molecule has 1 aromatic heterocycles. The lowest BCUT2D eigenvalue weighted by atomic mass is 9.96. The van der Waals surface area contributed by atoms with Crippen molar-refractivity contribution in [3.05, 3.63) is 40.7 Å². The van der Waals surface area contributed by atoms with Crippen LogP contribution in [0.2, 0.25) is 5.02 Å². The van der Waals surface area contributed by atoms with Gasteiger partial charge in [-0.1, -0.05) is 62.3 Å². The minimum atomic E-state index is -0.131. The van der Waals surface area contributed by atoms with Crippen molar-refractivity contribution < 1.29 is 0 Å². The van der Waals surface area contributed by atoms with Crippen LogP contribution < -0.4 is 5.84 Å². The van der Waals surface area contributed by atoms with Crippen molar-refractivity contribution in [3.63, 3.8) is 0 Å². The summed E-state index contributed by atoms with van der Waals surface area (Å²) < 4.78 is 1.57. The molecule has 108 valence electrons. The molecule has 0 saturated heterocycles. The quantitative estimate of drug-likeness (QED) is 0.692. The van der Waals surface area contributed by atoms with Gasteiger partial charge in [-0.2, -0.15) is 0 Å². The monoisotopic (exact) mass is 310 g/mol. The van der Waals surface area contributed by atoms with E-state index >= 15 is 0 Å². The summed E-state index contributed by atoms with van der Waals surface area (Å²) in [5.41, 5.74) is 0.938. The van der Waals surface area contributed by atoms with Crippen LogP contribution >= 0.6 is 23.4 Å². The summed E-state index contributed by atoms with van der Waals surface area (Å²) in [6.45, 7) is 8.27. The predicted octanol–water partition coefficient (Wildman–Crippen LogP) is 3.80. The van der Waals surface area contributed by atoms with Gasteiger partial charge in [-0.05, 0) is 18.6 Å². The van der Waals surface area contributed by atoms with Crippen LogP contribution in [0.4, 0.5) is 0 Å². The molecule has 0 bridgehead atoms. The number of nitrogen functional groups attached to an aromatic ring is 1. The predicted molar refractivity (Wildman–Crippen MR) is 84.6 cm³/mol. The largest absolute Gasteiger partial charge is 0.336 e. The molecule has 1 aromatic carbocycles. The fourth-order valence-corrected chi connectivity index (χ4v) is 3.20. The molecule has 0 saturated carbocycles. The molecule has 4 nitrogen and oxygen atoms in total. The minimum absolute atomic E-state index is 0.131.